The first kappa shape index (κ1) is 28.7. The standard InChI is InChI=1S/C36H32FN5O2/c1-26(35-39-33-11-6-5-10-32(33)36(44)42(35)31-18-16-30(37)17-19-31)41(22-7-21-40-23-20-38-25-40)34(43)24-27-12-14-29(15-13-27)28-8-3-2-4-9-28/h2-6,8-20,23,25-26H,7,21-22,24H2,1H3. The van der Waals surface area contributed by atoms with Crippen LogP contribution in [0, 0.1) is 5.82 Å². The summed E-state index contributed by atoms with van der Waals surface area (Å²) in [6.07, 6.45) is 6.24. The first-order chi connectivity index (χ1) is 21.5. The molecule has 0 aliphatic carbocycles. The van der Waals surface area contributed by atoms with Crippen LogP contribution < -0.4 is 5.56 Å². The number of amides is 1. The number of hydrogen-bond acceptors (Lipinski definition) is 4. The van der Waals surface area contributed by atoms with Crippen LogP contribution in [-0.2, 0) is 17.8 Å². The first-order valence-electron chi connectivity index (χ1n) is 14.6. The minimum atomic E-state index is -0.559. The van der Waals surface area contributed by atoms with Gasteiger partial charge in [0.1, 0.15) is 11.6 Å². The highest BCUT2D eigenvalue weighted by molar-refractivity contribution is 5.80. The van der Waals surface area contributed by atoms with E-state index in [4.69, 9.17) is 4.98 Å². The van der Waals surface area contributed by atoms with Gasteiger partial charge >= 0.3 is 0 Å². The second kappa shape index (κ2) is 12.9. The Morgan fingerprint density at radius 2 is 1.59 bits per heavy atom. The van der Waals surface area contributed by atoms with Crippen LogP contribution in [0.5, 0.6) is 0 Å². The summed E-state index contributed by atoms with van der Waals surface area (Å²) in [5, 5.41) is 0.448. The summed E-state index contributed by atoms with van der Waals surface area (Å²) in [6, 6.07) is 30.5. The molecule has 6 rings (SSSR count). The molecule has 6 aromatic rings. The van der Waals surface area contributed by atoms with Crippen LogP contribution in [0.2, 0.25) is 0 Å². The Balaban J connectivity index is 1.35. The Morgan fingerprint density at radius 1 is 0.886 bits per heavy atom. The molecule has 2 heterocycles. The molecule has 0 N–H and O–H groups in total. The van der Waals surface area contributed by atoms with E-state index in [1.807, 2.05) is 66.2 Å². The molecule has 2 aromatic heterocycles. The highest BCUT2D eigenvalue weighted by Gasteiger charge is 2.27. The summed E-state index contributed by atoms with van der Waals surface area (Å²) >= 11 is 0. The molecule has 7 nitrogen and oxygen atoms in total. The number of halogens is 1. The van der Waals surface area contributed by atoms with E-state index in [-0.39, 0.29) is 17.9 Å². The zero-order chi connectivity index (χ0) is 30.5. The molecule has 1 atom stereocenters. The minimum absolute atomic E-state index is 0.0799. The number of imidazole rings is 1. The molecule has 0 fully saturated rings. The van der Waals surface area contributed by atoms with E-state index in [9.17, 15) is 14.0 Å². The maximum atomic E-state index is 14.1. The number of para-hydroxylation sites is 1. The number of carbonyl (C=O) groups is 1. The van der Waals surface area contributed by atoms with E-state index < -0.39 is 11.9 Å². The van der Waals surface area contributed by atoms with Gasteiger partial charge < -0.3 is 9.47 Å². The van der Waals surface area contributed by atoms with Crippen molar-refractivity contribution in [1.29, 1.82) is 0 Å². The number of hydrogen-bond donors (Lipinski definition) is 0. The smallest absolute Gasteiger partial charge is 0.266 e. The third kappa shape index (κ3) is 6.20. The third-order valence-corrected chi connectivity index (χ3v) is 7.84. The fourth-order valence-corrected chi connectivity index (χ4v) is 5.51. The summed E-state index contributed by atoms with van der Waals surface area (Å²) in [5.41, 5.74) is 3.84. The van der Waals surface area contributed by atoms with Crippen LogP contribution in [0.4, 0.5) is 4.39 Å². The number of benzene rings is 4. The fourth-order valence-electron chi connectivity index (χ4n) is 5.51. The number of rotatable bonds is 10. The van der Waals surface area contributed by atoms with Crippen molar-refractivity contribution < 1.29 is 9.18 Å². The van der Waals surface area contributed by atoms with Gasteiger partial charge in [0.2, 0.25) is 5.91 Å². The Labute approximate surface area is 254 Å². The van der Waals surface area contributed by atoms with Gasteiger partial charge in [-0.05, 0) is 66.4 Å². The van der Waals surface area contributed by atoms with E-state index in [2.05, 4.69) is 17.1 Å². The van der Waals surface area contributed by atoms with E-state index in [0.29, 0.717) is 41.9 Å². The van der Waals surface area contributed by atoms with Crippen molar-refractivity contribution in [3.63, 3.8) is 0 Å². The SMILES string of the molecule is CC(c1nc2ccccc2c(=O)n1-c1ccc(F)cc1)N(CCCn1ccnc1)C(=O)Cc1ccc(-c2ccccc2)cc1. The molecule has 0 saturated heterocycles. The summed E-state index contributed by atoms with van der Waals surface area (Å²) in [7, 11) is 0. The van der Waals surface area contributed by atoms with Gasteiger partial charge in [-0.25, -0.2) is 14.4 Å². The van der Waals surface area contributed by atoms with Crippen molar-refractivity contribution in [1.82, 2.24) is 24.0 Å². The quantitative estimate of drug-likeness (QED) is 0.181. The molecule has 0 spiro atoms. The second-order valence-electron chi connectivity index (χ2n) is 10.8. The van der Waals surface area contributed by atoms with Crippen LogP contribution in [0.3, 0.4) is 0 Å². The maximum Gasteiger partial charge on any atom is 0.266 e. The molecule has 0 aliphatic heterocycles. The molecule has 1 amide bonds. The molecule has 0 radical (unpaired) electrons. The lowest BCUT2D eigenvalue weighted by Crippen LogP contribution is -2.39. The third-order valence-electron chi connectivity index (χ3n) is 7.84. The first-order valence-corrected chi connectivity index (χ1v) is 14.6. The molecule has 220 valence electrons. The lowest BCUT2D eigenvalue weighted by atomic mass is 10.0. The molecule has 0 saturated carbocycles. The Morgan fingerprint density at radius 3 is 2.32 bits per heavy atom. The van der Waals surface area contributed by atoms with Gasteiger partial charge in [-0.3, -0.25) is 14.2 Å². The van der Waals surface area contributed by atoms with Gasteiger partial charge in [0.15, 0.2) is 0 Å². The van der Waals surface area contributed by atoms with Crippen LogP contribution in [0.15, 0.2) is 127 Å². The average Bonchev–Trinajstić information content (AvgIpc) is 3.58. The molecular formula is C36H32FN5O2. The van der Waals surface area contributed by atoms with Crippen LogP contribution in [0.25, 0.3) is 27.7 Å². The minimum Gasteiger partial charge on any atom is -0.337 e. The molecule has 1 unspecified atom stereocenters. The molecule has 8 heteroatoms. The zero-order valence-electron chi connectivity index (χ0n) is 24.4. The highest BCUT2D eigenvalue weighted by Crippen LogP contribution is 2.25. The highest BCUT2D eigenvalue weighted by atomic mass is 19.1. The maximum absolute atomic E-state index is 14.1. The molecule has 4 aromatic carbocycles. The normalized spacial score (nSPS) is 11.9. The van der Waals surface area contributed by atoms with Crippen molar-refractivity contribution in [3.8, 4) is 16.8 Å². The fraction of sp³-hybridized carbons (Fsp3) is 0.167. The van der Waals surface area contributed by atoms with Gasteiger partial charge in [-0.15, -0.1) is 0 Å². The lowest BCUT2D eigenvalue weighted by molar-refractivity contribution is -0.133. The van der Waals surface area contributed by atoms with Crippen molar-refractivity contribution >= 4 is 16.8 Å². The predicted octanol–water partition coefficient (Wildman–Crippen LogP) is 6.61. The molecular weight excluding hydrogens is 553 g/mol. The predicted molar refractivity (Wildman–Crippen MR) is 170 cm³/mol. The topological polar surface area (TPSA) is 73.0 Å². The number of nitrogens with zero attached hydrogens (tertiary/aromatic N) is 5. The second-order valence-corrected chi connectivity index (χ2v) is 10.8. The number of aryl methyl sites for hydroxylation is 1. The van der Waals surface area contributed by atoms with Crippen molar-refractivity contribution in [3.05, 3.63) is 149 Å². The summed E-state index contributed by atoms with van der Waals surface area (Å²) in [6.45, 7) is 3.01. The zero-order valence-corrected chi connectivity index (χ0v) is 24.4. The Bertz CT molecular complexity index is 1920. The number of aromatic nitrogens is 4. The van der Waals surface area contributed by atoms with E-state index in [1.165, 1.54) is 16.7 Å². The van der Waals surface area contributed by atoms with Crippen LogP contribution in [-0.4, -0.2) is 36.5 Å². The van der Waals surface area contributed by atoms with Gasteiger partial charge in [0.05, 0.1) is 35.4 Å². The van der Waals surface area contributed by atoms with Gasteiger partial charge in [-0.2, -0.15) is 0 Å². The van der Waals surface area contributed by atoms with E-state index in [1.54, 1.807) is 47.8 Å². The summed E-state index contributed by atoms with van der Waals surface area (Å²) in [4.78, 5) is 38.7. The van der Waals surface area contributed by atoms with Gasteiger partial charge in [0.25, 0.3) is 5.56 Å². The van der Waals surface area contributed by atoms with Crippen molar-refractivity contribution in [2.75, 3.05) is 6.54 Å². The van der Waals surface area contributed by atoms with Crippen molar-refractivity contribution in [2.24, 2.45) is 0 Å². The summed E-state index contributed by atoms with van der Waals surface area (Å²) < 4.78 is 17.3. The Hall–Kier alpha value is -5.37. The van der Waals surface area contributed by atoms with Crippen LogP contribution in [0.1, 0.15) is 30.8 Å². The number of fused-ring (bicyclic) bond motifs is 1. The van der Waals surface area contributed by atoms with Gasteiger partial charge in [0, 0.05) is 25.5 Å². The largest absolute Gasteiger partial charge is 0.337 e. The van der Waals surface area contributed by atoms with Crippen LogP contribution >= 0.6 is 0 Å². The van der Waals surface area contributed by atoms with E-state index >= 15 is 0 Å². The molecule has 0 aliphatic rings. The molecule has 0 bridgehead atoms. The summed E-state index contributed by atoms with van der Waals surface area (Å²) in [5.74, 6) is -0.0703. The van der Waals surface area contributed by atoms with E-state index in [0.717, 1.165) is 16.7 Å². The Kier molecular flexibility index (Phi) is 8.41. The molecule has 44 heavy (non-hydrogen) atoms. The lowest BCUT2D eigenvalue weighted by Gasteiger charge is -2.31. The number of carbonyl (C=O) groups excluding carboxylic acids is 1. The van der Waals surface area contributed by atoms with Gasteiger partial charge in [-0.1, -0.05) is 66.7 Å². The monoisotopic (exact) mass is 585 g/mol. The van der Waals surface area contributed by atoms with Crippen molar-refractivity contribution in [2.45, 2.75) is 32.4 Å². The average molecular weight is 586 g/mol.